The van der Waals surface area contributed by atoms with Crippen molar-refractivity contribution in [2.24, 2.45) is 0 Å². The number of aromatic nitrogens is 2. The molecule has 1 N–H and O–H groups in total. The van der Waals surface area contributed by atoms with Gasteiger partial charge in [0, 0.05) is 23.0 Å². The maximum Gasteiger partial charge on any atom is 0.280 e. The highest BCUT2D eigenvalue weighted by Gasteiger charge is 2.15. The molecule has 0 saturated carbocycles. The van der Waals surface area contributed by atoms with Gasteiger partial charge in [-0.15, -0.1) is 0 Å². The second-order valence-corrected chi connectivity index (χ2v) is 5.72. The second-order valence-electron chi connectivity index (χ2n) is 5.32. The number of amides is 1. The van der Waals surface area contributed by atoms with E-state index < -0.39 is 11.3 Å². The van der Waals surface area contributed by atoms with E-state index in [0.29, 0.717) is 22.0 Å². The molecule has 1 heterocycles. The lowest BCUT2D eigenvalue weighted by atomic mass is 10.2. The highest BCUT2D eigenvalue weighted by Crippen LogP contribution is 2.23. The number of hydrogen-bond acceptors (Lipinski definition) is 3. The molecule has 2 aromatic carbocycles. The number of carbonyl (C=O) groups is 1. The molecule has 0 aliphatic rings. The molecule has 0 unspecified atom stereocenters. The summed E-state index contributed by atoms with van der Waals surface area (Å²) in [7, 11) is 0. The minimum atomic E-state index is -0.646. The third-order valence-electron chi connectivity index (χ3n) is 3.63. The number of carbonyl (C=O) groups excluding carboxylic acids is 1. The van der Waals surface area contributed by atoms with E-state index in [1.165, 1.54) is 41.2 Å². The van der Waals surface area contributed by atoms with Crippen LogP contribution in [0.3, 0.4) is 0 Å². The third kappa shape index (κ3) is 3.59. The number of benzene rings is 2. The number of anilines is 1. The molecule has 0 saturated heterocycles. The van der Waals surface area contributed by atoms with Gasteiger partial charge in [0.1, 0.15) is 5.82 Å². The van der Waals surface area contributed by atoms with Crippen molar-refractivity contribution in [3.05, 3.63) is 87.0 Å². The van der Waals surface area contributed by atoms with Crippen molar-refractivity contribution in [3.8, 4) is 5.69 Å². The minimum absolute atomic E-state index is 0.272. The summed E-state index contributed by atoms with van der Waals surface area (Å²) in [6.45, 7) is 1.76. The number of hydrogen-bond donors (Lipinski definition) is 1. The molecular weight excluding hydrogens is 345 g/mol. The number of nitrogens with zero attached hydrogens (tertiary/aromatic N) is 2. The van der Waals surface area contributed by atoms with E-state index in [2.05, 4.69) is 10.4 Å². The zero-order valence-corrected chi connectivity index (χ0v) is 13.9. The van der Waals surface area contributed by atoms with Crippen molar-refractivity contribution < 1.29 is 9.18 Å². The SMILES string of the molecule is Cc1c(Cl)cccc1NC(=O)c1nn(-c2ccc(F)cc2)ccc1=O. The molecule has 1 aromatic heterocycles. The van der Waals surface area contributed by atoms with Crippen LogP contribution in [0.15, 0.2) is 59.5 Å². The number of halogens is 2. The first kappa shape index (κ1) is 16.9. The first-order valence-corrected chi connectivity index (χ1v) is 7.76. The van der Waals surface area contributed by atoms with Crippen LogP contribution in [-0.2, 0) is 0 Å². The smallest absolute Gasteiger partial charge is 0.280 e. The average molecular weight is 358 g/mol. The van der Waals surface area contributed by atoms with Crippen LogP contribution in [0.2, 0.25) is 5.02 Å². The Morgan fingerprint density at radius 2 is 1.88 bits per heavy atom. The molecule has 126 valence electrons. The molecule has 0 bridgehead atoms. The van der Waals surface area contributed by atoms with E-state index in [1.807, 2.05) is 0 Å². The van der Waals surface area contributed by atoms with Crippen LogP contribution in [-0.4, -0.2) is 15.7 Å². The van der Waals surface area contributed by atoms with Gasteiger partial charge in [-0.3, -0.25) is 9.59 Å². The van der Waals surface area contributed by atoms with Crippen molar-refractivity contribution in [2.75, 3.05) is 5.32 Å². The van der Waals surface area contributed by atoms with Crippen molar-refractivity contribution in [3.63, 3.8) is 0 Å². The topological polar surface area (TPSA) is 64.0 Å². The van der Waals surface area contributed by atoms with E-state index in [-0.39, 0.29) is 11.5 Å². The van der Waals surface area contributed by atoms with Crippen LogP contribution in [0, 0.1) is 12.7 Å². The van der Waals surface area contributed by atoms with Gasteiger partial charge in [-0.1, -0.05) is 17.7 Å². The van der Waals surface area contributed by atoms with Gasteiger partial charge in [0.05, 0.1) is 5.69 Å². The normalized spacial score (nSPS) is 10.5. The Hall–Kier alpha value is -2.99. The monoisotopic (exact) mass is 357 g/mol. The zero-order valence-electron chi connectivity index (χ0n) is 13.2. The standard InChI is InChI=1S/C18H13ClFN3O2/c1-11-14(19)3-2-4-15(11)21-18(25)17-16(24)9-10-23(22-17)13-7-5-12(20)6-8-13/h2-10H,1H3,(H,21,25). The maximum atomic E-state index is 13.0. The van der Waals surface area contributed by atoms with Gasteiger partial charge in [0.15, 0.2) is 5.69 Å². The van der Waals surface area contributed by atoms with E-state index >= 15 is 0 Å². The molecule has 7 heteroatoms. The molecule has 0 aliphatic heterocycles. The fraction of sp³-hybridized carbons (Fsp3) is 0.0556. The third-order valence-corrected chi connectivity index (χ3v) is 4.04. The van der Waals surface area contributed by atoms with Crippen LogP contribution < -0.4 is 10.7 Å². The Bertz CT molecular complexity index is 1000. The first-order valence-electron chi connectivity index (χ1n) is 7.38. The van der Waals surface area contributed by atoms with Gasteiger partial charge < -0.3 is 5.32 Å². The molecular formula is C18H13ClFN3O2. The highest BCUT2D eigenvalue weighted by molar-refractivity contribution is 6.31. The molecule has 0 radical (unpaired) electrons. The van der Waals surface area contributed by atoms with Crippen LogP contribution >= 0.6 is 11.6 Å². The van der Waals surface area contributed by atoms with Crippen LogP contribution in [0.4, 0.5) is 10.1 Å². The predicted octanol–water partition coefficient (Wildman–Crippen LogP) is 3.59. The Kier molecular flexibility index (Phi) is 4.63. The van der Waals surface area contributed by atoms with E-state index in [0.717, 1.165) is 0 Å². The van der Waals surface area contributed by atoms with E-state index in [4.69, 9.17) is 11.6 Å². The van der Waals surface area contributed by atoms with Crippen molar-refractivity contribution in [1.82, 2.24) is 9.78 Å². The molecule has 0 fully saturated rings. The molecule has 0 aliphatic carbocycles. The Labute approximate surface area is 147 Å². The Morgan fingerprint density at radius 3 is 2.60 bits per heavy atom. The summed E-state index contributed by atoms with van der Waals surface area (Å²) in [5, 5.41) is 7.20. The molecule has 3 aromatic rings. The molecule has 0 atom stereocenters. The summed E-state index contributed by atoms with van der Waals surface area (Å²) in [5.41, 5.74) is 0.916. The fourth-order valence-electron chi connectivity index (χ4n) is 2.23. The Morgan fingerprint density at radius 1 is 1.16 bits per heavy atom. The predicted molar refractivity (Wildman–Crippen MR) is 93.9 cm³/mol. The summed E-state index contributed by atoms with van der Waals surface area (Å²) in [5.74, 6) is -1.04. The fourth-order valence-corrected chi connectivity index (χ4v) is 2.40. The lowest BCUT2D eigenvalue weighted by Crippen LogP contribution is -2.25. The van der Waals surface area contributed by atoms with E-state index in [9.17, 15) is 14.0 Å². The van der Waals surface area contributed by atoms with Crippen LogP contribution in [0.25, 0.3) is 5.69 Å². The first-order chi connectivity index (χ1) is 12.0. The quantitative estimate of drug-likeness (QED) is 0.779. The zero-order chi connectivity index (χ0) is 18.0. The maximum absolute atomic E-state index is 13.0. The summed E-state index contributed by atoms with van der Waals surface area (Å²) in [6, 6.07) is 11.8. The molecule has 25 heavy (non-hydrogen) atoms. The minimum Gasteiger partial charge on any atom is -0.320 e. The molecule has 0 spiro atoms. The van der Waals surface area contributed by atoms with Gasteiger partial charge in [0.25, 0.3) is 5.91 Å². The second kappa shape index (κ2) is 6.86. The lowest BCUT2D eigenvalue weighted by Gasteiger charge is -2.10. The lowest BCUT2D eigenvalue weighted by molar-refractivity contribution is 0.101. The number of rotatable bonds is 3. The number of nitrogens with one attached hydrogen (secondary N) is 1. The summed E-state index contributed by atoms with van der Waals surface area (Å²) >= 11 is 6.03. The van der Waals surface area contributed by atoms with Crippen molar-refractivity contribution >= 4 is 23.2 Å². The molecule has 3 rings (SSSR count). The molecule has 5 nitrogen and oxygen atoms in total. The summed E-state index contributed by atoms with van der Waals surface area (Å²) in [4.78, 5) is 24.5. The van der Waals surface area contributed by atoms with Gasteiger partial charge in [-0.25, -0.2) is 9.07 Å². The average Bonchev–Trinajstić information content (AvgIpc) is 2.60. The van der Waals surface area contributed by atoms with Crippen molar-refractivity contribution in [1.29, 1.82) is 0 Å². The highest BCUT2D eigenvalue weighted by atomic mass is 35.5. The van der Waals surface area contributed by atoms with Gasteiger partial charge in [-0.2, -0.15) is 5.10 Å². The summed E-state index contributed by atoms with van der Waals surface area (Å²) in [6.07, 6.45) is 1.41. The van der Waals surface area contributed by atoms with E-state index in [1.54, 1.807) is 25.1 Å². The largest absolute Gasteiger partial charge is 0.320 e. The van der Waals surface area contributed by atoms with Gasteiger partial charge in [-0.05, 0) is 48.9 Å². The van der Waals surface area contributed by atoms with Crippen LogP contribution in [0.5, 0.6) is 0 Å². The summed E-state index contributed by atoms with van der Waals surface area (Å²) < 4.78 is 14.4. The Balaban J connectivity index is 1.95. The van der Waals surface area contributed by atoms with Crippen molar-refractivity contribution in [2.45, 2.75) is 6.92 Å². The molecule has 1 amide bonds. The van der Waals surface area contributed by atoms with Crippen LogP contribution in [0.1, 0.15) is 16.1 Å². The van der Waals surface area contributed by atoms with Gasteiger partial charge in [0.2, 0.25) is 5.43 Å². The van der Waals surface area contributed by atoms with Gasteiger partial charge >= 0.3 is 0 Å².